The molecule has 0 aliphatic carbocycles. The number of hydrogen-bond donors (Lipinski definition) is 3. The van der Waals surface area contributed by atoms with Crippen molar-refractivity contribution in [3.8, 4) is 11.8 Å². The van der Waals surface area contributed by atoms with Crippen molar-refractivity contribution in [2.24, 2.45) is 0 Å². The third kappa shape index (κ3) is 6.54. The molecular formula is C22H26ClN7O3. The molecule has 1 aromatic heterocycles. The lowest BCUT2D eigenvalue weighted by atomic mass is 10.1. The summed E-state index contributed by atoms with van der Waals surface area (Å²) in [6.07, 6.45) is 5.25. The molecule has 1 saturated heterocycles. The number of methoxy groups -OCH3 is 1. The molecule has 2 heterocycles. The van der Waals surface area contributed by atoms with Crippen LogP contribution in [0.15, 0.2) is 24.5 Å². The van der Waals surface area contributed by atoms with Crippen molar-refractivity contribution in [2.75, 3.05) is 37.4 Å². The molecule has 0 spiro atoms. The summed E-state index contributed by atoms with van der Waals surface area (Å²) in [5.74, 6) is 0.752. The van der Waals surface area contributed by atoms with E-state index >= 15 is 0 Å². The Kier molecular flexibility index (Phi) is 8.40. The molecule has 3 N–H and O–H groups in total. The lowest BCUT2D eigenvalue weighted by Crippen LogP contribution is -2.44. The fourth-order valence-electron chi connectivity index (χ4n) is 3.50. The predicted octanol–water partition coefficient (Wildman–Crippen LogP) is 2.80. The van der Waals surface area contributed by atoms with E-state index in [1.54, 1.807) is 12.1 Å². The van der Waals surface area contributed by atoms with Crippen molar-refractivity contribution < 1.29 is 14.3 Å². The quantitative estimate of drug-likeness (QED) is 0.539. The van der Waals surface area contributed by atoms with Gasteiger partial charge in [0.25, 0.3) is 0 Å². The number of rotatable bonds is 8. The number of halogens is 1. The molecule has 10 nitrogen and oxygen atoms in total. The molecule has 1 aromatic carbocycles. The number of carbonyl (C=O) groups is 2. The maximum absolute atomic E-state index is 12.4. The zero-order chi connectivity index (χ0) is 23.8. The maximum atomic E-state index is 12.4. The smallest absolute Gasteiger partial charge is 0.325 e. The molecule has 1 fully saturated rings. The van der Waals surface area contributed by atoms with E-state index < -0.39 is 6.03 Å². The third-order valence-electron chi connectivity index (χ3n) is 5.26. The van der Waals surface area contributed by atoms with Gasteiger partial charge >= 0.3 is 6.03 Å². The Morgan fingerprint density at radius 2 is 2.00 bits per heavy atom. The molecule has 1 atom stereocenters. The normalized spacial score (nSPS) is 13.8. The Bertz CT molecular complexity index is 1030. The van der Waals surface area contributed by atoms with Crippen LogP contribution in [0.4, 0.5) is 16.3 Å². The van der Waals surface area contributed by atoms with E-state index in [0.29, 0.717) is 29.4 Å². The number of hydrogen-bond acceptors (Lipinski definition) is 7. The number of urea groups is 1. The first-order chi connectivity index (χ1) is 15.9. The average molecular weight is 472 g/mol. The molecule has 1 unspecified atom stereocenters. The molecule has 174 valence electrons. The van der Waals surface area contributed by atoms with Crippen LogP contribution in [-0.4, -0.2) is 59.6 Å². The van der Waals surface area contributed by atoms with E-state index in [0.717, 1.165) is 31.5 Å². The highest BCUT2D eigenvalue weighted by atomic mass is 35.5. The van der Waals surface area contributed by atoms with Crippen molar-refractivity contribution in [1.82, 2.24) is 20.2 Å². The van der Waals surface area contributed by atoms with Gasteiger partial charge in [0.05, 0.1) is 31.2 Å². The highest BCUT2D eigenvalue weighted by Crippen LogP contribution is 2.31. The molecule has 0 radical (unpaired) electrons. The zero-order valence-electron chi connectivity index (χ0n) is 18.5. The van der Waals surface area contributed by atoms with Crippen molar-refractivity contribution in [3.05, 3.63) is 40.8 Å². The van der Waals surface area contributed by atoms with Crippen LogP contribution in [-0.2, 0) is 11.2 Å². The van der Waals surface area contributed by atoms with Gasteiger partial charge in [-0.1, -0.05) is 11.6 Å². The van der Waals surface area contributed by atoms with Gasteiger partial charge in [0.2, 0.25) is 5.91 Å². The molecule has 1 aliphatic heterocycles. The summed E-state index contributed by atoms with van der Waals surface area (Å²) in [5, 5.41) is 17.7. The van der Waals surface area contributed by atoms with Crippen molar-refractivity contribution in [1.29, 1.82) is 5.26 Å². The molecule has 3 amide bonds. The monoisotopic (exact) mass is 471 g/mol. The maximum Gasteiger partial charge on any atom is 0.325 e. The summed E-state index contributed by atoms with van der Waals surface area (Å²) < 4.78 is 5.41. The second-order valence-electron chi connectivity index (χ2n) is 7.58. The van der Waals surface area contributed by atoms with Crippen molar-refractivity contribution in [2.45, 2.75) is 32.2 Å². The van der Waals surface area contributed by atoms with Gasteiger partial charge in [-0.25, -0.2) is 14.8 Å². The van der Waals surface area contributed by atoms with Gasteiger partial charge < -0.3 is 20.3 Å². The van der Waals surface area contributed by atoms with Gasteiger partial charge in [-0.2, -0.15) is 5.26 Å². The summed E-state index contributed by atoms with van der Waals surface area (Å²) >= 11 is 6.43. The van der Waals surface area contributed by atoms with Crippen LogP contribution in [0.25, 0.3) is 0 Å². The molecule has 0 bridgehead atoms. The van der Waals surface area contributed by atoms with Gasteiger partial charge in [-0.15, -0.1) is 0 Å². The minimum absolute atomic E-state index is 0.119. The van der Waals surface area contributed by atoms with Crippen LogP contribution in [0.5, 0.6) is 5.75 Å². The van der Waals surface area contributed by atoms with E-state index in [9.17, 15) is 9.59 Å². The number of carbonyl (C=O) groups excluding carboxylic acids is 2. The van der Waals surface area contributed by atoms with Gasteiger partial charge in [0.15, 0.2) is 11.5 Å². The highest BCUT2D eigenvalue weighted by molar-refractivity contribution is 6.31. The Labute approximate surface area is 197 Å². The van der Waals surface area contributed by atoms with Crippen LogP contribution in [0.2, 0.25) is 5.02 Å². The number of anilines is 2. The Morgan fingerprint density at radius 3 is 2.64 bits per heavy atom. The first kappa shape index (κ1) is 24.2. The van der Waals surface area contributed by atoms with Gasteiger partial charge in [-0.05, 0) is 50.4 Å². The number of benzene rings is 1. The van der Waals surface area contributed by atoms with E-state index in [1.165, 1.54) is 19.5 Å². The number of amides is 3. The van der Waals surface area contributed by atoms with E-state index in [4.69, 9.17) is 21.6 Å². The van der Waals surface area contributed by atoms with Crippen LogP contribution in [0, 0.1) is 11.3 Å². The number of nitrogens with one attached hydrogen (secondary N) is 3. The Hall–Kier alpha value is -3.42. The molecule has 1 aliphatic rings. The lowest BCUT2D eigenvalue weighted by Gasteiger charge is -2.21. The van der Waals surface area contributed by atoms with Crippen LogP contribution < -0.4 is 20.7 Å². The fraction of sp³-hybridized carbons (Fsp3) is 0.409. The Morgan fingerprint density at radius 1 is 1.24 bits per heavy atom. The topological polar surface area (TPSA) is 132 Å². The SMILES string of the molecule is COc1cc(CCNC(C)C(=O)N2CCCC2)c(Cl)cc1NC(=O)Nc1cnc(C#N)cn1. The first-order valence-electron chi connectivity index (χ1n) is 10.6. The largest absolute Gasteiger partial charge is 0.495 e. The third-order valence-corrected chi connectivity index (χ3v) is 5.61. The summed E-state index contributed by atoms with van der Waals surface area (Å²) in [4.78, 5) is 34.4. The van der Waals surface area contributed by atoms with Gasteiger partial charge in [0.1, 0.15) is 11.8 Å². The van der Waals surface area contributed by atoms with Gasteiger partial charge in [-0.3, -0.25) is 10.1 Å². The van der Waals surface area contributed by atoms with Crippen LogP contribution in [0.1, 0.15) is 31.0 Å². The van der Waals surface area contributed by atoms with E-state index in [1.807, 2.05) is 17.9 Å². The molecular weight excluding hydrogens is 446 g/mol. The standard InChI is InChI=1S/C22H26ClN7O3/c1-14(21(31)30-7-3-4-8-30)25-6-5-15-9-19(33-2)18(10-17(15)23)28-22(32)29-20-13-26-16(11-24)12-27-20/h9-10,12-14,25H,3-8H2,1-2H3,(H2,27,28,29,32). The number of likely N-dealkylation sites (tertiary alicyclic amines) is 1. The molecule has 2 aromatic rings. The predicted molar refractivity (Wildman–Crippen MR) is 124 cm³/mol. The summed E-state index contributed by atoms with van der Waals surface area (Å²) in [7, 11) is 1.50. The van der Waals surface area contributed by atoms with E-state index in [2.05, 4.69) is 25.9 Å². The Balaban J connectivity index is 1.57. The number of aromatic nitrogens is 2. The fourth-order valence-corrected chi connectivity index (χ4v) is 3.75. The van der Waals surface area contributed by atoms with Crippen molar-refractivity contribution in [3.63, 3.8) is 0 Å². The summed E-state index contributed by atoms with van der Waals surface area (Å²) in [6, 6.07) is 4.40. The summed E-state index contributed by atoms with van der Waals surface area (Å²) in [6.45, 7) is 4.09. The minimum Gasteiger partial charge on any atom is -0.495 e. The molecule has 33 heavy (non-hydrogen) atoms. The van der Waals surface area contributed by atoms with Crippen molar-refractivity contribution >= 4 is 35.0 Å². The zero-order valence-corrected chi connectivity index (χ0v) is 19.3. The molecule has 3 rings (SSSR count). The first-order valence-corrected chi connectivity index (χ1v) is 11.0. The number of nitriles is 1. The molecule has 0 saturated carbocycles. The lowest BCUT2D eigenvalue weighted by molar-refractivity contribution is -0.131. The molecule has 11 heteroatoms. The van der Waals surface area contributed by atoms with E-state index in [-0.39, 0.29) is 23.5 Å². The number of nitrogens with zero attached hydrogens (tertiary/aromatic N) is 4. The minimum atomic E-state index is -0.563. The van der Waals surface area contributed by atoms with Gasteiger partial charge in [0, 0.05) is 18.1 Å². The van der Waals surface area contributed by atoms with Crippen LogP contribution in [0.3, 0.4) is 0 Å². The average Bonchev–Trinajstić information content (AvgIpc) is 3.35. The summed E-state index contributed by atoms with van der Waals surface area (Å²) in [5.41, 5.74) is 1.36. The highest BCUT2D eigenvalue weighted by Gasteiger charge is 2.22. The number of ether oxygens (including phenoxy) is 1. The second-order valence-corrected chi connectivity index (χ2v) is 7.99. The second kappa shape index (κ2) is 11.4. The van der Waals surface area contributed by atoms with Crippen LogP contribution >= 0.6 is 11.6 Å².